The Hall–Kier alpha value is -3.38. The van der Waals surface area contributed by atoms with Crippen molar-refractivity contribution in [3.8, 4) is 0 Å². The molecule has 388 valence electrons. The number of carbonyl (C=O) groups excluding carboxylic acids is 2. The summed E-state index contributed by atoms with van der Waals surface area (Å²) in [6, 6.07) is 1.72. The lowest BCUT2D eigenvalue weighted by Crippen LogP contribution is -2.68. The van der Waals surface area contributed by atoms with E-state index in [4.69, 9.17) is 34.0 Å². The maximum atomic E-state index is 14.4. The molecule has 0 bridgehead atoms. The monoisotopic (exact) mass is 977 g/mol. The molecule has 0 aromatic heterocycles. The summed E-state index contributed by atoms with van der Waals surface area (Å²) in [6.45, 7) is 16.0. The summed E-state index contributed by atoms with van der Waals surface area (Å²) in [5, 5.41) is 66.6. The third-order valence-electron chi connectivity index (χ3n) is 14.6. The molecule has 2 amide bonds. The molecule has 0 spiro atoms. The second-order valence-electron chi connectivity index (χ2n) is 19.9. The lowest BCUT2D eigenvalue weighted by molar-refractivity contribution is -0.335. The number of hydrogen-bond acceptors (Lipinski definition) is 15. The predicted molar refractivity (Wildman–Crippen MR) is 242 cm³/mol. The molecule has 1 aromatic rings. The summed E-state index contributed by atoms with van der Waals surface area (Å²) in [7, 11) is 4.19. The first-order valence-electron chi connectivity index (χ1n) is 23.2. The van der Waals surface area contributed by atoms with Crippen LogP contribution in [-0.2, 0) is 39.4 Å². The zero-order chi connectivity index (χ0) is 51.5. The number of benzene rings is 1. The van der Waals surface area contributed by atoms with E-state index in [-0.39, 0.29) is 43.8 Å². The van der Waals surface area contributed by atoms with E-state index < -0.39 is 132 Å². The fraction of sp³-hybridized carbons (Fsp3) is 0.826. The first-order valence-corrected chi connectivity index (χ1v) is 23.2. The van der Waals surface area contributed by atoms with Gasteiger partial charge < -0.3 is 64.2 Å². The van der Waals surface area contributed by atoms with Crippen molar-refractivity contribution in [1.29, 1.82) is 0 Å². The molecule has 0 radical (unpaired) electrons. The Kier molecular flexibility index (Phi) is 18.8. The topological polar surface area (TPSA) is 258 Å². The summed E-state index contributed by atoms with van der Waals surface area (Å²) in [6.07, 6.45) is -15.7. The lowest BCUT2D eigenvalue weighted by atomic mass is 9.75. The fourth-order valence-electron chi connectivity index (χ4n) is 10.1. The number of rotatable bonds is 10. The van der Waals surface area contributed by atoms with Crippen molar-refractivity contribution in [3.63, 3.8) is 0 Å². The Morgan fingerprint density at radius 1 is 1.00 bits per heavy atom. The minimum Gasteiger partial charge on any atom is -0.459 e. The third-order valence-corrected chi connectivity index (χ3v) is 14.6. The second kappa shape index (κ2) is 22.4. The maximum Gasteiger partial charge on any atom is 0.416 e. The number of aliphatic hydroxyl groups is 5. The number of ether oxygens (including phenoxy) is 6. The van der Waals surface area contributed by atoms with Gasteiger partial charge in [0.05, 0.1) is 54.1 Å². The highest BCUT2D eigenvalue weighted by Gasteiger charge is 2.58. The number of carbonyl (C=O) groups is 2. The van der Waals surface area contributed by atoms with E-state index in [0.29, 0.717) is 0 Å². The van der Waals surface area contributed by atoms with Gasteiger partial charge in [-0.15, -0.1) is 0 Å². The van der Waals surface area contributed by atoms with Gasteiger partial charge in [-0.2, -0.15) is 13.2 Å². The van der Waals surface area contributed by atoms with E-state index in [1.165, 1.54) is 59.0 Å². The van der Waals surface area contributed by atoms with E-state index in [2.05, 4.69) is 15.3 Å². The number of alkyl halides is 3. The van der Waals surface area contributed by atoms with Gasteiger partial charge >= 0.3 is 18.2 Å². The fourth-order valence-corrected chi connectivity index (χ4v) is 10.1. The average Bonchev–Trinajstić information content (AvgIpc) is 3.27. The zero-order valence-corrected chi connectivity index (χ0v) is 41.5. The number of amides is 2. The van der Waals surface area contributed by atoms with Crippen LogP contribution in [0.3, 0.4) is 0 Å². The first-order chi connectivity index (χ1) is 31.4. The molecule has 22 heteroatoms. The van der Waals surface area contributed by atoms with Crippen LogP contribution in [0.2, 0.25) is 0 Å². The molecule has 0 saturated carbocycles. The van der Waals surface area contributed by atoms with Crippen LogP contribution in [0, 0.1) is 17.8 Å². The number of nitrogens with one attached hydrogen (secondary N) is 1. The summed E-state index contributed by atoms with van der Waals surface area (Å²) in [5.74, 6) is -3.42. The number of urea groups is 1. The van der Waals surface area contributed by atoms with E-state index in [0.717, 1.165) is 17.0 Å². The standard InChI is InChI=1S/C46H75F3N6O13/c1-14-33-44(10,61)37(57)28(6)51-22-24(2)20-42(8,60)38(26(4)36(27(5)39(58)66-33)67-34-21-43(9,63-13)45(62,23-52-53-50)29(7)65-34)68-40-35(56)32(19-25(3)64-40)55(12)41(59)54(11)31-17-15-30(16-18-31)46(47,48)49/h15-18,24-29,32-38,40,51,56-57,60-62H,14,19-23H2,1-13H3/t24-,25-,26+,27-,28-,29+,32+,33-,34+,35-,36+,37-,38-,40+,42-,43-,44-,45+/m1/s1. The Morgan fingerprint density at radius 3 is 2.18 bits per heavy atom. The van der Waals surface area contributed by atoms with Gasteiger partial charge in [0.15, 0.2) is 12.6 Å². The molecule has 1 aromatic carbocycles. The van der Waals surface area contributed by atoms with E-state index in [1.54, 1.807) is 41.5 Å². The smallest absolute Gasteiger partial charge is 0.416 e. The number of halogens is 3. The molecule has 68 heavy (non-hydrogen) atoms. The molecule has 0 unspecified atom stereocenters. The largest absolute Gasteiger partial charge is 0.459 e. The van der Waals surface area contributed by atoms with Crippen molar-refractivity contribution in [2.24, 2.45) is 22.9 Å². The van der Waals surface area contributed by atoms with Crippen molar-refractivity contribution < 1.29 is 76.7 Å². The second-order valence-corrected chi connectivity index (χ2v) is 19.9. The quantitative estimate of drug-likeness (QED) is 0.0791. The van der Waals surface area contributed by atoms with Crippen molar-refractivity contribution in [1.82, 2.24) is 10.2 Å². The summed E-state index contributed by atoms with van der Waals surface area (Å²) >= 11 is 0. The number of hydrogen-bond donors (Lipinski definition) is 6. The Morgan fingerprint density at radius 2 is 1.62 bits per heavy atom. The number of nitrogens with zero attached hydrogens (tertiary/aromatic N) is 5. The van der Waals surface area contributed by atoms with Gasteiger partial charge in [-0.05, 0) is 110 Å². The molecule has 0 aliphatic carbocycles. The SMILES string of the molecule is CC[C@H]1OC(=O)[C@H](C)[C@@H](O[C@H]2C[C@@](C)(OC)[C@](O)(CN=[N+]=[N-])[C@H](C)O2)[C@H](C)[C@@H](O[C@@H]2O[C@H](C)C[C@H](N(C)C(=O)N(C)c3ccc(C(F)(F)F)cc3)[C@H]2O)[C@](C)(O)C[C@@H](C)CN[C@H](C)[C@@H](O)[C@]1(C)O. The van der Waals surface area contributed by atoms with Crippen molar-refractivity contribution in [3.05, 3.63) is 40.3 Å². The highest BCUT2D eigenvalue weighted by atomic mass is 19.4. The predicted octanol–water partition coefficient (Wildman–Crippen LogP) is 4.88. The van der Waals surface area contributed by atoms with Crippen LogP contribution in [0.5, 0.6) is 0 Å². The summed E-state index contributed by atoms with van der Waals surface area (Å²) < 4.78 is 77.7. The Labute approximate surface area is 397 Å². The van der Waals surface area contributed by atoms with Crippen molar-refractivity contribution in [2.45, 2.75) is 191 Å². The van der Waals surface area contributed by atoms with E-state index in [9.17, 15) is 48.3 Å². The van der Waals surface area contributed by atoms with Crippen LogP contribution in [0.15, 0.2) is 29.4 Å². The minimum atomic E-state index is -4.58. The number of aliphatic hydroxyl groups excluding tert-OH is 2. The average molecular weight is 977 g/mol. The van der Waals surface area contributed by atoms with Gasteiger partial charge in [-0.1, -0.05) is 25.9 Å². The van der Waals surface area contributed by atoms with Crippen LogP contribution in [0.1, 0.15) is 100 Å². The van der Waals surface area contributed by atoms with Gasteiger partial charge in [-0.3, -0.25) is 9.69 Å². The van der Waals surface area contributed by atoms with E-state index >= 15 is 0 Å². The summed E-state index contributed by atoms with van der Waals surface area (Å²) in [4.78, 5) is 33.6. The first kappa shape index (κ1) is 57.2. The Balaban J connectivity index is 1.79. The molecule has 3 heterocycles. The van der Waals surface area contributed by atoms with Gasteiger partial charge in [0.25, 0.3) is 0 Å². The zero-order valence-electron chi connectivity index (χ0n) is 41.5. The molecule has 3 aliphatic rings. The van der Waals surface area contributed by atoms with Crippen LogP contribution in [-0.4, -0.2) is 167 Å². The molecule has 19 nitrogen and oxygen atoms in total. The molecule has 3 saturated heterocycles. The molecule has 3 fully saturated rings. The summed E-state index contributed by atoms with van der Waals surface area (Å²) in [5.41, 5.74) is 1.39. The van der Waals surface area contributed by atoms with Gasteiger partial charge in [0.1, 0.15) is 35.1 Å². The highest BCUT2D eigenvalue weighted by Crippen LogP contribution is 2.44. The van der Waals surface area contributed by atoms with E-state index in [1.807, 2.05) is 6.92 Å². The highest BCUT2D eigenvalue weighted by molar-refractivity contribution is 5.91. The number of anilines is 1. The normalized spacial score (nSPS) is 41.3. The van der Waals surface area contributed by atoms with Crippen LogP contribution < -0.4 is 10.2 Å². The van der Waals surface area contributed by atoms with Crippen LogP contribution in [0.25, 0.3) is 10.4 Å². The molecule has 18 atom stereocenters. The molecule has 6 N–H and O–H groups in total. The molecule has 4 rings (SSSR count). The minimum absolute atomic E-state index is 0.0284. The Bertz CT molecular complexity index is 1900. The number of cyclic esters (lactones) is 1. The number of azide groups is 1. The van der Waals surface area contributed by atoms with Gasteiger partial charge in [-0.25, -0.2) is 4.79 Å². The lowest BCUT2D eigenvalue weighted by Gasteiger charge is -2.53. The number of methoxy groups -OCH3 is 1. The number of esters is 1. The molecular weight excluding hydrogens is 902 g/mol. The van der Waals surface area contributed by atoms with Crippen molar-refractivity contribution >= 4 is 17.7 Å². The van der Waals surface area contributed by atoms with Crippen molar-refractivity contribution in [2.75, 3.05) is 39.2 Å². The number of likely N-dealkylation sites (N-methyl/N-ethyl adjacent to an activating group) is 1. The maximum absolute atomic E-state index is 14.4. The molecule has 3 aliphatic heterocycles. The van der Waals surface area contributed by atoms with Crippen LogP contribution >= 0.6 is 0 Å². The van der Waals surface area contributed by atoms with Crippen LogP contribution in [0.4, 0.5) is 23.7 Å². The van der Waals surface area contributed by atoms with Gasteiger partial charge in [0.2, 0.25) is 0 Å². The third kappa shape index (κ3) is 12.4. The molecular formula is C46H75F3N6O13. The van der Waals surface area contributed by atoms with Gasteiger partial charge in [0, 0.05) is 50.2 Å².